The summed E-state index contributed by atoms with van der Waals surface area (Å²) in [5.74, 6) is 5.68. The Morgan fingerprint density at radius 2 is 1.74 bits per heavy atom. The van der Waals surface area contributed by atoms with Gasteiger partial charge in [-0.2, -0.15) is 0 Å². The van der Waals surface area contributed by atoms with Crippen LogP contribution in [0.4, 0.5) is 0 Å². The van der Waals surface area contributed by atoms with E-state index in [0.717, 1.165) is 5.56 Å². The molecule has 0 radical (unpaired) electrons. The van der Waals surface area contributed by atoms with Crippen molar-refractivity contribution in [2.24, 2.45) is 0 Å². The van der Waals surface area contributed by atoms with Crippen molar-refractivity contribution in [1.29, 1.82) is 0 Å². The molecule has 1 rings (SSSR count). The number of benzene rings is 1. The smallest absolute Gasteiger partial charge is 0.154 e. The standard InChI is InChI=1S/C18H26O5/c1-5-11-18(3,23-12-14-9-7-6-8-10-14)17(22-4)16(21)15(20)13(2)19/h6-10,13,15-17,19-21H,12H2,1-4H3/t13-,15?,16?,17?,18?/m1/s1. The molecule has 1 aromatic rings. The lowest BCUT2D eigenvalue weighted by molar-refractivity contribution is -0.175. The lowest BCUT2D eigenvalue weighted by Gasteiger charge is -2.37. The zero-order chi connectivity index (χ0) is 17.5. The van der Waals surface area contributed by atoms with E-state index in [1.54, 1.807) is 13.8 Å². The third-order valence-electron chi connectivity index (χ3n) is 3.71. The van der Waals surface area contributed by atoms with Crippen LogP contribution in [0.25, 0.3) is 0 Å². The van der Waals surface area contributed by atoms with Crippen molar-refractivity contribution in [2.75, 3.05) is 7.11 Å². The van der Waals surface area contributed by atoms with Gasteiger partial charge in [-0.3, -0.25) is 0 Å². The van der Waals surface area contributed by atoms with Gasteiger partial charge in [0.05, 0.1) is 12.7 Å². The van der Waals surface area contributed by atoms with E-state index in [-0.39, 0.29) is 6.61 Å². The van der Waals surface area contributed by atoms with E-state index in [2.05, 4.69) is 11.8 Å². The predicted molar refractivity (Wildman–Crippen MR) is 87.6 cm³/mol. The van der Waals surface area contributed by atoms with E-state index in [0.29, 0.717) is 0 Å². The second kappa shape index (κ2) is 9.02. The van der Waals surface area contributed by atoms with Gasteiger partial charge in [0.25, 0.3) is 0 Å². The van der Waals surface area contributed by atoms with Gasteiger partial charge in [0, 0.05) is 7.11 Å². The minimum atomic E-state index is -1.36. The van der Waals surface area contributed by atoms with Gasteiger partial charge in [-0.05, 0) is 26.3 Å². The van der Waals surface area contributed by atoms with Crippen molar-refractivity contribution < 1.29 is 24.8 Å². The molecule has 0 fully saturated rings. The quantitative estimate of drug-likeness (QED) is 0.625. The number of hydrogen-bond acceptors (Lipinski definition) is 5. The Labute approximate surface area is 137 Å². The summed E-state index contributed by atoms with van der Waals surface area (Å²) in [5.41, 5.74) is -0.189. The molecule has 3 N–H and O–H groups in total. The zero-order valence-electron chi connectivity index (χ0n) is 14.1. The van der Waals surface area contributed by atoms with E-state index in [1.807, 2.05) is 30.3 Å². The monoisotopic (exact) mass is 322 g/mol. The highest BCUT2D eigenvalue weighted by atomic mass is 16.6. The van der Waals surface area contributed by atoms with Gasteiger partial charge in [-0.15, -0.1) is 5.92 Å². The van der Waals surface area contributed by atoms with Crippen LogP contribution in [0.15, 0.2) is 30.3 Å². The fourth-order valence-electron chi connectivity index (χ4n) is 2.40. The van der Waals surface area contributed by atoms with Crippen molar-refractivity contribution in [3.05, 3.63) is 35.9 Å². The van der Waals surface area contributed by atoms with Crippen LogP contribution in [0.3, 0.4) is 0 Å². The van der Waals surface area contributed by atoms with Crippen LogP contribution in [0.2, 0.25) is 0 Å². The van der Waals surface area contributed by atoms with Gasteiger partial charge < -0.3 is 24.8 Å². The number of aliphatic hydroxyl groups excluding tert-OH is 3. The minimum Gasteiger partial charge on any atom is -0.391 e. The Morgan fingerprint density at radius 3 is 2.22 bits per heavy atom. The molecule has 0 spiro atoms. The van der Waals surface area contributed by atoms with Gasteiger partial charge in [0.2, 0.25) is 0 Å². The molecule has 0 aliphatic carbocycles. The largest absolute Gasteiger partial charge is 0.391 e. The molecule has 128 valence electrons. The van der Waals surface area contributed by atoms with E-state index in [9.17, 15) is 15.3 Å². The van der Waals surface area contributed by atoms with Crippen LogP contribution in [-0.2, 0) is 16.1 Å². The van der Waals surface area contributed by atoms with Crippen LogP contribution >= 0.6 is 0 Å². The van der Waals surface area contributed by atoms with Crippen molar-refractivity contribution >= 4 is 0 Å². The van der Waals surface area contributed by atoms with E-state index >= 15 is 0 Å². The Hall–Kier alpha value is -1.42. The van der Waals surface area contributed by atoms with Crippen LogP contribution in [0, 0.1) is 11.8 Å². The molecule has 0 aliphatic rings. The Kier molecular flexibility index (Phi) is 7.69. The summed E-state index contributed by atoms with van der Waals surface area (Å²) >= 11 is 0. The molecule has 0 aliphatic heterocycles. The maximum Gasteiger partial charge on any atom is 0.154 e. The van der Waals surface area contributed by atoms with E-state index in [1.165, 1.54) is 14.0 Å². The van der Waals surface area contributed by atoms with Crippen LogP contribution < -0.4 is 0 Å². The molecule has 0 aromatic heterocycles. The molecule has 5 heteroatoms. The molecule has 0 heterocycles. The van der Waals surface area contributed by atoms with Crippen molar-refractivity contribution in [1.82, 2.24) is 0 Å². The highest BCUT2D eigenvalue weighted by Gasteiger charge is 2.43. The van der Waals surface area contributed by atoms with Gasteiger partial charge >= 0.3 is 0 Å². The Bertz CT molecular complexity index is 519. The van der Waals surface area contributed by atoms with Crippen LogP contribution in [-0.4, -0.2) is 52.4 Å². The van der Waals surface area contributed by atoms with Crippen molar-refractivity contribution in [3.63, 3.8) is 0 Å². The first-order valence-corrected chi connectivity index (χ1v) is 7.54. The molecule has 5 nitrogen and oxygen atoms in total. The number of rotatable bonds is 8. The van der Waals surface area contributed by atoms with Crippen LogP contribution in [0.1, 0.15) is 26.3 Å². The molecule has 0 saturated heterocycles. The third-order valence-corrected chi connectivity index (χ3v) is 3.71. The summed E-state index contributed by atoms with van der Waals surface area (Å²) < 4.78 is 11.2. The molecule has 4 unspecified atom stereocenters. The lowest BCUT2D eigenvalue weighted by Crippen LogP contribution is -2.55. The second-order valence-electron chi connectivity index (χ2n) is 5.63. The Morgan fingerprint density at radius 1 is 1.13 bits per heavy atom. The highest BCUT2D eigenvalue weighted by Crippen LogP contribution is 2.25. The summed E-state index contributed by atoms with van der Waals surface area (Å²) in [6, 6.07) is 9.56. The number of aliphatic hydroxyl groups is 3. The zero-order valence-corrected chi connectivity index (χ0v) is 14.1. The summed E-state index contributed by atoms with van der Waals surface area (Å²) in [7, 11) is 1.41. The predicted octanol–water partition coefficient (Wildman–Crippen LogP) is 1.10. The maximum atomic E-state index is 10.3. The summed E-state index contributed by atoms with van der Waals surface area (Å²) in [6.07, 6.45) is -4.74. The van der Waals surface area contributed by atoms with Gasteiger partial charge in [0.1, 0.15) is 18.3 Å². The first kappa shape index (κ1) is 19.6. The third kappa shape index (κ3) is 5.31. The molecule has 0 saturated carbocycles. The molecule has 1 aromatic carbocycles. The number of hydrogen-bond donors (Lipinski definition) is 3. The minimum absolute atomic E-state index is 0.281. The first-order chi connectivity index (χ1) is 10.9. The summed E-state index contributed by atoms with van der Waals surface area (Å²) in [4.78, 5) is 0. The van der Waals surface area contributed by atoms with Crippen molar-refractivity contribution in [3.8, 4) is 11.8 Å². The molecule has 0 amide bonds. The topological polar surface area (TPSA) is 79.2 Å². The van der Waals surface area contributed by atoms with Gasteiger partial charge in [0.15, 0.2) is 5.60 Å². The lowest BCUT2D eigenvalue weighted by atomic mass is 9.90. The first-order valence-electron chi connectivity index (χ1n) is 7.54. The van der Waals surface area contributed by atoms with Gasteiger partial charge in [-0.1, -0.05) is 36.3 Å². The average molecular weight is 322 g/mol. The summed E-state index contributed by atoms with van der Waals surface area (Å²) in [5, 5.41) is 29.8. The molecule has 23 heavy (non-hydrogen) atoms. The SMILES string of the molecule is CC#CC(C)(OCc1ccccc1)C(OC)C(O)C(O)[C@@H](C)O. The van der Waals surface area contributed by atoms with Gasteiger partial charge in [-0.25, -0.2) is 0 Å². The summed E-state index contributed by atoms with van der Waals surface area (Å²) in [6.45, 7) is 5.03. The maximum absolute atomic E-state index is 10.3. The van der Waals surface area contributed by atoms with Crippen LogP contribution in [0.5, 0.6) is 0 Å². The Balaban J connectivity index is 2.96. The fraction of sp³-hybridized carbons (Fsp3) is 0.556. The second-order valence-corrected chi connectivity index (χ2v) is 5.63. The normalized spacial score (nSPS) is 18.9. The molecular weight excluding hydrogens is 296 g/mol. The molecule has 0 bridgehead atoms. The average Bonchev–Trinajstić information content (AvgIpc) is 2.54. The molecule has 5 atom stereocenters. The highest BCUT2D eigenvalue weighted by molar-refractivity contribution is 5.18. The number of methoxy groups -OCH3 is 1. The van der Waals surface area contributed by atoms with Crippen molar-refractivity contribution in [2.45, 2.75) is 57.4 Å². The fourth-order valence-corrected chi connectivity index (χ4v) is 2.40. The molecular formula is C18H26O5. The van der Waals surface area contributed by atoms with E-state index in [4.69, 9.17) is 9.47 Å². The van der Waals surface area contributed by atoms with E-state index < -0.39 is 30.0 Å². The number of ether oxygens (including phenoxy) is 2.